The molecule has 3 aromatic rings. The van der Waals surface area contributed by atoms with Gasteiger partial charge in [0.2, 0.25) is 0 Å². The van der Waals surface area contributed by atoms with E-state index in [4.69, 9.17) is 9.47 Å². The van der Waals surface area contributed by atoms with Gasteiger partial charge in [0.05, 0.1) is 7.11 Å². The van der Waals surface area contributed by atoms with Crippen LogP contribution in [-0.2, 0) is 4.79 Å². The maximum absolute atomic E-state index is 12.5. The van der Waals surface area contributed by atoms with Gasteiger partial charge in [0.25, 0.3) is 5.91 Å². The number of fused-ring (bicyclic) bond motifs is 1. The first-order valence-electron chi connectivity index (χ1n) is 10.9. The van der Waals surface area contributed by atoms with E-state index >= 15 is 0 Å². The lowest BCUT2D eigenvalue weighted by Gasteiger charge is -2.29. The van der Waals surface area contributed by atoms with Crippen LogP contribution in [0.3, 0.4) is 0 Å². The lowest BCUT2D eigenvalue weighted by atomic mass is 10.1. The summed E-state index contributed by atoms with van der Waals surface area (Å²) in [6.07, 6.45) is 0. The molecule has 1 amide bonds. The average Bonchev–Trinajstić information content (AvgIpc) is 2.80. The van der Waals surface area contributed by atoms with Crippen molar-refractivity contribution in [2.24, 2.45) is 0 Å². The Kier molecular flexibility index (Phi) is 7.02. The van der Waals surface area contributed by atoms with Crippen LogP contribution in [0.4, 0.5) is 5.69 Å². The monoisotopic (exact) mass is 421 g/mol. The number of anilines is 1. The Morgan fingerprint density at radius 1 is 0.871 bits per heavy atom. The first-order chi connectivity index (χ1) is 15.2. The zero-order chi connectivity index (χ0) is 21.5. The highest BCUT2D eigenvalue weighted by Crippen LogP contribution is 2.18. The molecular weight excluding hydrogens is 390 g/mol. The number of rotatable bonds is 8. The minimum absolute atomic E-state index is 0.0802. The molecule has 0 radical (unpaired) electrons. The summed E-state index contributed by atoms with van der Waals surface area (Å²) >= 11 is 0. The fraction of sp³-hybridized carbons (Fsp3) is 0.320. The molecule has 1 saturated heterocycles. The van der Waals surface area contributed by atoms with Gasteiger partial charge in [0.15, 0.2) is 6.54 Å². The quantitative estimate of drug-likeness (QED) is 0.501. The number of hydrogen-bond acceptors (Lipinski definition) is 3. The van der Waals surface area contributed by atoms with E-state index in [1.165, 1.54) is 15.2 Å². The fourth-order valence-electron chi connectivity index (χ4n) is 4.07. The molecule has 0 bridgehead atoms. The van der Waals surface area contributed by atoms with E-state index in [9.17, 15) is 4.79 Å². The first kappa shape index (κ1) is 21.2. The Bertz CT molecular complexity index is 998. The number of carbonyl (C=O) groups is 1. The summed E-state index contributed by atoms with van der Waals surface area (Å²) in [5.41, 5.74) is 0.864. The molecule has 1 aliphatic rings. The van der Waals surface area contributed by atoms with Crippen LogP contribution in [0.1, 0.15) is 0 Å². The zero-order valence-electron chi connectivity index (χ0n) is 18.0. The van der Waals surface area contributed by atoms with Crippen molar-refractivity contribution in [3.05, 3.63) is 66.7 Å². The number of methoxy groups -OCH3 is 1. The fourth-order valence-corrected chi connectivity index (χ4v) is 4.07. The second-order valence-electron chi connectivity index (χ2n) is 8.06. The molecule has 0 spiro atoms. The van der Waals surface area contributed by atoms with Crippen LogP contribution in [-0.4, -0.2) is 58.9 Å². The van der Waals surface area contributed by atoms with Gasteiger partial charge < -0.3 is 24.6 Å². The summed E-state index contributed by atoms with van der Waals surface area (Å²) in [6.45, 7) is 6.31. The molecule has 0 aromatic heterocycles. The Labute approximate surface area is 183 Å². The summed E-state index contributed by atoms with van der Waals surface area (Å²) in [7, 11) is 1.66. The molecule has 3 N–H and O–H groups in total. The molecule has 0 saturated carbocycles. The number of piperazine rings is 1. The molecule has 6 nitrogen and oxygen atoms in total. The van der Waals surface area contributed by atoms with Crippen molar-refractivity contribution in [3.8, 4) is 11.5 Å². The largest absolute Gasteiger partial charge is 0.497 e. The van der Waals surface area contributed by atoms with Gasteiger partial charge in [-0.05, 0) is 47.2 Å². The topological polar surface area (TPSA) is 56.4 Å². The van der Waals surface area contributed by atoms with Crippen molar-refractivity contribution in [3.63, 3.8) is 0 Å². The third-order valence-corrected chi connectivity index (χ3v) is 5.89. The number of carbonyl (C=O) groups excluding carboxylic acids is 1. The molecule has 0 aliphatic carbocycles. The van der Waals surface area contributed by atoms with Crippen molar-refractivity contribution in [1.29, 1.82) is 0 Å². The lowest BCUT2D eigenvalue weighted by molar-refractivity contribution is -1.01. The molecule has 31 heavy (non-hydrogen) atoms. The van der Waals surface area contributed by atoms with Crippen molar-refractivity contribution >= 4 is 22.4 Å². The van der Waals surface area contributed by atoms with Crippen LogP contribution in [0.15, 0.2) is 66.7 Å². The smallest absolute Gasteiger partial charge is 0.279 e. The third-order valence-electron chi connectivity index (χ3n) is 5.89. The first-order valence-corrected chi connectivity index (χ1v) is 10.9. The van der Waals surface area contributed by atoms with Crippen LogP contribution in [0.25, 0.3) is 10.8 Å². The summed E-state index contributed by atoms with van der Waals surface area (Å²) in [5.74, 6) is 1.79. The normalized spacial score (nSPS) is 18.5. The minimum atomic E-state index is 0.0802. The molecule has 1 heterocycles. The number of hydrogen-bond donors (Lipinski definition) is 3. The molecule has 0 unspecified atom stereocenters. The van der Waals surface area contributed by atoms with E-state index in [1.807, 2.05) is 54.6 Å². The van der Waals surface area contributed by atoms with E-state index in [0.29, 0.717) is 13.2 Å². The third kappa shape index (κ3) is 5.96. The molecular formula is C25H31N3O3+2. The van der Waals surface area contributed by atoms with Gasteiger partial charge in [0, 0.05) is 5.69 Å². The van der Waals surface area contributed by atoms with Crippen molar-refractivity contribution < 1.29 is 24.1 Å². The lowest BCUT2D eigenvalue weighted by Crippen LogP contribution is -3.28. The predicted octanol–water partition coefficient (Wildman–Crippen LogP) is 0.649. The second kappa shape index (κ2) is 10.3. The summed E-state index contributed by atoms with van der Waals surface area (Å²) in [5, 5.41) is 5.38. The van der Waals surface area contributed by atoms with E-state index in [1.54, 1.807) is 7.11 Å². The van der Waals surface area contributed by atoms with Crippen molar-refractivity contribution in [2.75, 3.05) is 58.3 Å². The Morgan fingerprint density at radius 3 is 2.29 bits per heavy atom. The maximum atomic E-state index is 12.5. The molecule has 0 atom stereocenters. The number of benzene rings is 3. The highest BCUT2D eigenvalue weighted by atomic mass is 16.5. The van der Waals surface area contributed by atoms with Gasteiger partial charge in [-0.15, -0.1) is 0 Å². The number of quaternary nitrogens is 2. The number of nitrogens with one attached hydrogen (secondary N) is 3. The molecule has 162 valence electrons. The predicted molar refractivity (Wildman–Crippen MR) is 122 cm³/mol. The maximum Gasteiger partial charge on any atom is 0.279 e. The molecule has 3 aromatic carbocycles. The minimum Gasteiger partial charge on any atom is -0.497 e. The SMILES string of the molecule is COc1ccc(OCC[NH+]2CC[NH+](CC(=O)Nc3ccc4ccccc4c3)CC2)cc1. The van der Waals surface area contributed by atoms with Crippen LogP contribution in [0, 0.1) is 0 Å². The van der Waals surface area contributed by atoms with Crippen LogP contribution >= 0.6 is 0 Å². The van der Waals surface area contributed by atoms with Gasteiger partial charge in [-0.2, -0.15) is 0 Å². The van der Waals surface area contributed by atoms with Gasteiger partial charge in [0.1, 0.15) is 50.8 Å². The van der Waals surface area contributed by atoms with Crippen molar-refractivity contribution in [2.45, 2.75) is 0 Å². The molecule has 1 aliphatic heterocycles. The van der Waals surface area contributed by atoms with Crippen LogP contribution < -0.4 is 24.6 Å². The molecule has 1 fully saturated rings. The van der Waals surface area contributed by atoms with E-state index in [2.05, 4.69) is 17.4 Å². The second-order valence-corrected chi connectivity index (χ2v) is 8.06. The standard InChI is InChI=1S/C25H29N3O3/c1-30-23-8-10-24(11-9-23)31-17-16-27-12-14-28(15-13-27)19-25(29)26-22-7-6-20-4-2-3-5-21(20)18-22/h2-11,18H,12-17,19H2,1H3,(H,26,29)/p+2. The highest BCUT2D eigenvalue weighted by molar-refractivity contribution is 5.94. The number of amides is 1. The van der Waals surface area contributed by atoms with E-state index < -0.39 is 0 Å². The number of ether oxygens (including phenoxy) is 2. The van der Waals surface area contributed by atoms with Crippen LogP contribution in [0.5, 0.6) is 11.5 Å². The summed E-state index contributed by atoms with van der Waals surface area (Å²) in [4.78, 5) is 15.4. The van der Waals surface area contributed by atoms with E-state index in [-0.39, 0.29) is 5.91 Å². The molecule has 6 heteroatoms. The average molecular weight is 422 g/mol. The Balaban J connectivity index is 1.16. The van der Waals surface area contributed by atoms with Gasteiger partial charge in [-0.3, -0.25) is 4.79 Å². The zero-order valence-corrected chi connectivity index (χ0v) is 18.0. The Hall–Kier alpha value is -3.09. The van der Waals surface area contributed by atoms with Crippen molar-refractivity contribution in [1.82, 2.24) is 0 Å². The summed E-state index contributed by atoms with van der Waals surface area (Å²) in [6, 6.07) is 21.9. The van der Waals surface area contributed by atoms with E-state index in [0.717, 1.165) is 55.3 Å². The van der Waals surface area contributed by atoms with Gasteiger partial charge in [-0.1, -0.05) is 30.3 Å². The van der Waals surface area contributed by atoms with Gasteiger partial charge >= 0.3 is 0 Å². The van der Waals surface area contributed by atoms with Gasteiger partial charge in [-0.25, -0.2) is 0 Å². The molecule has 4 rings (SSSR count). The van der Waals surface area contributed by atoms with Crippen LogP contribution in [0.2, 0.25) is 0 Å². The highest BCUT2D eigenvalue weighted by Gasteiger charge is 2.24. The summed E-state index contributed by atoms with van der Waals surface area (Å²) < 4.78 is 11.0. The Morgan fingerprint density at radius 2 is 1.55 bits per heavy atom.